The normalized spacial score (nSPS) is 10.4. The van der Waals surface area contributed by atoms with Gasteiger partial charge in [-0.1, -0.05) is 12.1 Å². The molecule has 0 aliphatic heterocycles. The van der Waals surface area contributed by atoms with Crippen molar-refractivity contribution in [1.82, 2.24) is 9.78 Å². The lowest BCUT2D eigenvalue weighted by Crippen LogP contribution is -2.26. The second-order valence-electron chi connectivity index (χ2n) is 4.27. The highest BCUT2D eigenvalue weighted by atomic mass is 16.2. The van der Waals surface area contributed by atoms with Gasteiger partial charge in [0.05, 0.1) is 6.20 Å². The van der Waals surface area contributed by atoms with E-state index in [1.54, 1.807) is 19.0 Å². The quantitative estimate of drug-likeness (QED) is 0.872. The first-order valence-corrected chi connectivity index (χ1v) is 5.63. The third-order valence-corrected chi connectivity index (χ3v) is 2.91. The van der Waals surface area contributed by atoms with Crippen LogP contribution in [0.1, 0.15) is 15.9 Å². The summed E-state index contributed by atoms with van der Waals surface area (Å²) in [4.78, 5) is 13.9. The number of hydrogen-bond donors (Lipinski definition) is 1. The molecule has 2 rings (SSSR count). The van der Waals surface area contributed by atoms with Crippen LogP contribution in [-0.2, 0) is 7.05 Å². The first kappa shape index (κ1) is 12.2. The molecule has 0 spiro atoms. The van der Waals surface area contributed by atoms with Gasteiger partial charge >= 0.3 is 0 Å². The van der Waals surface area contributed by atoms with E-state index in [9.17, 15) is 4.79 Å². The van der Waals surface area contributed by atoms with E-state index in [0.29, 0.717) is 11.4 Å². The van der Waals surface area contributed by atoms with Crippen LogP contribution in [0.25, 0.3) is 0 Å². The summed E-state index contributed by atoms with van der Waals surface area (Å²) in [5.74, 6) is 0.214. The van der Waals surface area contributed by atoms with Crippen molar-refractivity contribution in [2.45, 2.75) is 6.92 Å². The van der Waals surface area contributed by atoms with Crippen LogP contribution in [0.3, 0.4) is 0 Å². The maximum atomic E-state index is 12.3. The molecule has 0 fully saturated rings. The smallest absolute Gasteiger partial charge is 0.263 e. The van der Waals surface area contributed by atoms with Crippen molar-refractivity contribution in [3.05, 3.63) is 41.6 Å². The highest BCUT2D eigenvalue weighted by molar-refractivity contribution is 6.08. The van der Waals surface area contributed by atoms with Crippen LogP contribution in [-0.4, -0.2) is 22.7 Å². The van der Waals surface area contributed by atoms with Crippen molar-refractivity contribution < 1.29 is 4.79 Å². The molecule has 0 atom stereocenters. The topological polar surface area (TPSA) is 64.2 Å². The monoisotopic (exact) mass is 244 g/mol. The Bertz CT molecular complexity index is 588. The van der Waals surface area contributed by atoms with Crippen LogP contribution in [0.4, 0.5) is 11.5 Å². The molecule has 2 aromatic rings. The van der Waals surface area contributed by atoms with Crippen molar-refractivity contribution in [2.24, 2.45) is 7.05 Å². The lowest BCUT2D eigenvalue weighted by molar-refractivity contribution is 0.0994. The molecule has 0 aliphatic rings. The molecule has 5 heteroatoms. The van der Waals surface area contributed by atoms with Crippen LogP contribution in [0.2, 0.25) is 0 Å². The van der Waals surface area contributed by atoms with E-state index in [4.69, 9.17) is 5.73 Å². The van der Waals surface area contributed by atoms with Crippen LogP contribution < -0.4 is 10.6 Å². The van der Waals surface area contributed by atoms with Crippen molar-refractivity contribution in [3.63, 3.8) is 0 Å². The molecule has 0 bridgehead atoms. The van der Waals surface area contributed by atoms with Crippen LogP contribution in [0, 0.1) is 6.92 Å². The number of benzene rings is 1. The summed E-state index contributed by atoms with van der Waals surface area (Å²) in [6.07, 6.45) is 1.49. The summed E-state index contributed by atoms with van der Waals surface area (Å²) in [5, 5.41) is 3.98. The lowest BCUT2D eigenvalue weighted by atomic mass is 10.2. The van der Waals surface area contributed by atoms with E-state index >= 15 is 0 Å². The first-order chi connectivity index (χ1) is 8.50. The number of nitrogens with two attached hydrogens (primary N) is 1. The largest absolute Gasteiger partial charge is 0.383 e. The molecule has 1 aromatic carbocycles. The Labute approximate surface area is 106 Å². The van der Waals surface area contributed by atoms with Gasteiger partial charge in [0.15, 0.2) is 0 Å². The Kier molecular flexibility index (Phi) is 3.06. The van der Waals surface area contributed by atoms with E-state index in [1.165, 1.54) is 10.9 Å². The average Bonchev–Trinajstić information content (AvgIpc) is 2.68. The molecule has 5 nitrogen and oxygen atoms in total. The van der Waals surface area contributed by atoms with Crippen LogP contribution in [0.5, 0.6) is 0 Å². The highest BCUT2D eigenvalue weighted by Crippen LogP contribution is 2.19. The minimum Gasteiger partial charge on any atom is -0.383 e. The number of aryl methyl sites for hydroxylation is 2. The maximum absolute atomic E-state index is 12.3. The van der Waals surface area contributed by atoms with Crippen molar-refractivity contribution >= 4 is 17.4 Å². The molecule has 0 saturated heterocycles. The number of anilines is 2. The molecule has 1 heterocycles. The summed E-state index contributed by atoms with van der Waals surface area (Å²) in [5.41, 5.74) is 8.16. The van der Waals surface area contributed by atoms with Gasteiger partial charge in [-0.05, 0) is 24.6 Å². The Morgan fingerprint density at radius 1 is 1.44 bits per heavy atom. The standard InChI is InChI=1S/C13H16N4O/c1-9-5-4-6-10(7-9)16(2)13(18)11-8-15-17(3)12(11)14/h4-8H,14H2,1-3H3. The van der Waals surface area contributed by atoms with E-state index in [1.807, 2.05) is 31.2 Å². The Balaban J connectivity index is 2.32. The van der Waals surface area contributed by atoms with Gasteiger partial charge in [0.2, 0.25) is 0 Å². The summed E-state index contributed by atoms with van der Waals surface area (Å²) >= 11 is 0. The Morgan fingerprint density at radius 3 is 2.72 bits per heavy atom. The van der Waals surface area contributed by atoms with Gasteiger partial charge in [-0.2, -0.15) is 5.10 Å². The van der Waals surface area contributed by atoms with E-state index in [-0.39, 0.29) is 5.91 Å². The predicted octanol–water partition coefficient (Wildman–Crippen LogP) is 1.59. The minimum atomic E-state index is -0.161. The molecular formula is C13H16N4O. The van der Waals surface area contributed by atoms with Gasteiger partial charge in [-0.25, -0.2) is 0 Å². The van der Waals surface area contributed by atoms with Crippen molar-refractivity contribution in [3.8, 4) is 0 Å². The number of carbonyl (C=O) groups is 1. The van der Waals surface area contributed by atoms with Gasteiger partial charge < -0.3 is 10.6 Å². The molecule has 0 radical (unpaired) electrons. The first-order valence-electron chi connectivity index (χ1n) is 5.63. The third kappa shape index (κ3) is 2.07. The number of nitrogen functional groups attached to an aromatic ring is 1. The number of amides is 1. The Morgan fingerprint density at radius 2 is 2.17 bits per heavy atom. The van der Waals surface area contributed by atoms with E-state index in [2.05, 4.69) is 5.10 Å². The fourth-order valence-corrected chi connectivity index (χ4v) is 1.75. The van der Waals surface area contributed by atoms with Gasteiger partial charge in [-0.15, -0.1) is 0 Å². The summed E-state index contributed by atoms with van der Waals surface area (Å²) in [6.45, 7) is 1.99. The molecule has 2 N–H and O–H groups in total. The second-order valence-corrected chi connectivity index (χ2v) is 4.27. The fourth-order valence-electron chi connectivity index (χ4n) is 1.75. The molecule has 1 aromatic heterocycles. The van der Waals surface area contributed by atoms with E-state index in [0.717, 1.165) is 11.3 Å². The van der Waals surface area contributed by atoms with Gasteiger partial charge in [0.25, 0.3) is 5.91 Å². The minimum absolute atomic E-state index is 0.161. The van der Waals surface area contributed by atoms with Crippen molar-refractivity contribution in [1.29, 1.82) is 0 Å². The zero-order chi connectivity index (χ0) is 13.3. The SMILES string of the molecule is Cc1cccc(N(C)C(=O)c2cnn(C)c2N)c1. The van der Waals surface area contributed by atoms with Crippen LogP contribution >= 0.6 is 0 Å². The second kappa shape index (κ2) is 4.52. The van der Waals surface area contributed by atoms with Gasteiger partial charge in [0.1, 0.15) is 11.4 Å². The molecule has 0 saturated carbocycles. The number of hydrogen-bond acceptors (Lipinski definition) is 3. The van der Waals surface area contributed by atoms with Gasteiger partial charge in [0, 0.05) is 19.8 Å². The maximum Gasteiger partial charge on any atom is 0.263 e. The summed E-state index contributed by atoms with van der Waals surface area (Å²) in [6, 6.07) is 7.74. The van der Waals surface area contributed by atoms with Crippen molar-refractivity contribution in [2.75, 3.05) is 17.7 Å². The highest BCUT2D eigenvalue weighted by Gasteiger charge is 2.18. The number of carbonyl (C=O) groups excluding carboxylic acids is 1. The van der Waals surface area contributed by atoms with E-state index < -0.39 is 0 Å². The molecule has 18 heavy (non-hydrogen) atoms. The number of nitrogens with zero attached hydrogens (tertiary/aromatic N) is 3. The zero-order valence-corrected chi connectivity index (χ0v) is 10.7. The molecule has 0 aliphatic carbocycles. The molecule has 94 valence electrons. The molecule has 0 unspecified atom stereocenters. The van der Waals surface area contributed by atoms with Gasteiger partial charge in [-0.3, -0.25) is 9.48 Å². The summed E-state index contributed by atoms with van der Waals surface area (Å²) in [7, 11) is 3.43. The Hall–Kier alpha value is -2.30. The lowest BCUT2D eigenvalue weighted by Gasteiger charge is -2.17. The average molecular weight is 244 g/mol. The van der Waals surface area contributed by atoms with Crippen LogP contribution in [0.15, 0.2) is 30.5 Å². The molecular weight excluding hydrogens is 228 g/mol. The summed E-state index contributed by atoms with van der Waals surface area (Å²) < 4.78 is 1.48. The predicted molar refractivity (Wildman–Crippen MR) is 71.5 cm³/mol. The molecule has 1 amide bonds. The fraction of sp³-hybridized carbons (Fsp3) is 0.231. The zero-order valence-electron chi connectivity index (χ0n) is 10.7. The number of aromatic nitrogens is 2. The number of rotatable bonds is 2. The third-order valence-electron chi connectivity index (χ3n) is 2.91.